The summed E-state index contributed by atoms with van der Waals surface area (Å²) >= 11 is 0. The van der Waals surface area contributed by atoms with Crippen LogP contribution < -0.4 is 15.2 Å². The van der Waals surface area contributed by atoms with E-state index < -0.39 is 5.82 Å². The van der Waals surface area contributed by atoms with E-state index in [1.54, 1.807) is 6.20 Å². The van der Waals surface area contributed by atoms with Crippen molar-refractivity contribution in [3.8, 4) is 17.3 Å². The lowest BCUT2D eigenvalue weighted by Gasteiger charge is -2.34. The molecule has 4 fully saturated rings. The second-order valence-electron chi connectivity index (χ2n) is 12.2. The van der Waals surface area contributed by atoms with Crippen LogP contribution in [0.4, 0.5) is 10.2 Å². The van der Waals surface area contributed by atoms with Crippen molar-refractivity contribution in [3.63, 3.8) is 0 Å². The molecule has 0 aliphatic carbocycles. The van der Waals surface area contributed by atoms with Crippen molar-refractivity contribution < 1.29 is 13.9 Å². The molecule has 0 spiro atoms. The first-order chi connectivity index (χ1) is 20.0. The van der Waals surface area contributed by atoms with Crippen LogP contribution >= 0.6 is 0 Å². The molecule has 4 aliphatic heterocycles. The van der Waals surface area contributed by atoms with Gasteiger partial charge in [-0.3, -0.25) is 14.7 Å². The number of aryl methyl sites for hydroxylation is 1. The highest BCUT2D eigenvalue weighted by Crippen LogP contribution is 2.40. The summed E-state index contributed by atoms with van der Waals surface area (Å²) in [6.45, 7) is 6.01. The lowest BCUT2D eigenvalue weighted by atomic mass is 9.95. The number of nitrogens with zero attached hydrogens (tertiary/aromatic N) is 5. The van der Waals surface area contributed by atoms with Gasteiger partial charge in [0.15, 0.2) is 5.82 Å². The molecule has 7 heterocycles. The predicted molar refractivity (Wildman–Crippen MR) is 154 cm³/mol. The molecule has 0 radical (unpaired) electrons. The maximum Gasteiger partial charge on any atom is 0.319 e. The van der Waals surface area contributed by atoms with Crippen LogP contribution in [0.2, 0.25) is 0 Å². The molecule has 2 unspecified atom stereocenters. The Labute approximate surface area is 236 Å². The van der Waals surface area contributed by atoms with Gasteiger partial charge in [-0.15, -0.1) is 0 Å². The topological polar surface area (TPSA) is 96.5 Å². The third-order valence-corrected chi connectivity index (χ3v) is 9.52. The van der Waals surface area contributed by atoms with Crippen LogP contribution in [0.3, 0.4) is 0 Å². The standard InChI is InChI=1S/C31H33FN6O3/c1-18-4-7-24-21(12-18)22(13-25(39)34-24)27-26(32)28-23(14-33-27)29(37-15-19-5-6-20(16-37)41-19)36-30(35-28)40-17-31-8-2-10-38(31)11-3-9-31/h4,7,12-14,19-20H,2-3,5-6,8-11,15-17H2,1H3,(H,34,39). The Hall–Kier alpha value is -3.63. The van der Waals surface area contributed by atoms with Crippen molar-refractivity contribution in [1.29, 1.82) is 0 Å². The molecular formula is C31H33FN6O3. The van der Waals surface area contributed by atoms with E-state index in [0.29, 0.717) is 42.0 Å². The van der Waals surface area contributed by atoms with Gasteiger partial charge in [-0.25, -0.2) is 4.39 Å². The van der Waals surface area contributed by atoms with Gasteiger partial charge in [-0.1, -0.05) is 11.6 Å². The van der Waals surface area contributed by atoms with Crippen molar-refractivity contribution in [1.82, 2.24) is 24.8 Å². The van der Waals surface area contributed by atoms with Crippen molar-refractivity contribution >= 4 is 27.6 Å². The summed E-state index contributed by atoms with van der Waals surface area (Å²) in [5, 5.41) is 1.26. The molecule has 0 saturated carbocycles. The van der Waals surface area contributed by atoms with Gasteiger partial charge in [-0.05, 0) is 70.7 Å². The fourth-order valence-corrected chi connectivity index (χ4v) is 7.53. The summed E-state index contributed by atoms with van der Waals surface area (Å²) in [5.74, 6) is 0.0455. The number of benzene rings is 1. The number of ether oxygens (including phenoxy) is 2. The highest BCUT2D eigenvalue weighted by Gasteiger charge is 2.45. The van der Waals surface area contributed by atoms with Gasteiger partial charge in [0.05, 0.1) is 23.1 Å². The average Bonchev–Trinajstić information content (AvgIpc) is 3.65. The molecule has 1 aromatic carbocycles. The first-order valence-electron chi connectivity index (χ1n) is 14.7. The molecule has 1 N–H and O–H groups in total. The highest BCUT2D eigenvalue weighted by molar-refractivity contribution is 5.97. The third-order valence-electron chi connectivity index (χ3n) is 9.52. The zero-order valence-corrected chi connectivity index (χ0v) is 23.2. The highest BCUT2D eigenvalue weighted by atomic mass is 19.1. The van der Waals surface area contributed by atoms with Crippen molar-refractivity contribution in [2.24, 2.45) is 0 Å². The predicted octanol–water partition coefficient (Wildman–Crippen LogP) is 4.36. The lowest BCUT2D eigenvalue weighted by molar-refractivity contribution is 0.0302. The van der Waals surface area contributed by atoms with E-state index in [4.69, 9.17) is 14.5 Å². The number of fused-ring (bicyclic) bond motifs is 5. The summed E-state index contributed by atoms with van der Waals surface area (Å²) in [6, 6.07) is 7.28. The Kier molecular flexibility index (Phi) is 5.79. The molecule has 41 heavy (non-hydrogen) atoms. The first kappa shape index (κ1) is 25.1. The van der Waals surface area contributed by atoms with Gasteiger partial charge in [0.25, 0.3) is 0 Å². The van der Waals surface area contributed by atoms with Crippen LogP contribution in [0.15, 0.2) is 35.3 Å². The van der Waals surface area contributed by atoms with Crippen molar-refractivity contribution in [2.45, 2.75) is 63.2 Å². The third kappa shape index (κ3) is 4.18. The zero-order valence-electron chi connectivity index (χ0n) is 23.2. The van der Waals surface area contributed by atoms with E-state index >= 15 is 4.39 Å². The van der Waals surface area contributed by atoms with Gasteiger partial charge >= 0.3 is 6.01 Å². The SMILES string of the molecule is Cc1ccc2[nH]c(=O)cc(-c3ncc4c(N5CC6CCC(C5)O6)nc(OCC56CCCN5CCC6)nc4c3F)c2c1. The number of halogens is 1. The minimum absolute atomic E-state index is 0.0142. The summed E-state index contributed by atoms with van der Waals surface area (Å²) < 4.78 is 29.0. The first-order valence-corrected chi connectivity index (χ1v) is 14.7. The van der Waals surface area contributed by atoms with Crippen molar-refractivity contribution in [3.05, 3.63) is 52.2 Å². The number of rotatable bonds is 5. The Bertz CT molecular complexity index is 1720. The molecule has 2 atom stereocenters. The Morgan fingerprint density at radius 2 is 1.88 bits per heavy atom. The van der Waals surface area contributed by atoms with Crippen LogP contribution in [0.5, 0.6) is 6.01 Å². The minimum atomic E-state index is -0.581. The van der Waals surface area contributed by atoms with Gasteiger partial charge < -0.3 is 19.4 Å². The van der Waals surface area contributed by atoms with E-state index in [1.165, 1.54) is 6.07 Å². The number of aromatic amines is 1. The smallest absolute Gasteiger partial charge is 0.319 e. The van der Waals surface area contributed by atoms with E-state index in [0.717, 1.165) is 62.6 Å². The van der Waals surface area contributed by atoms with Gasteiger partial charge in [0.2, 0.25) is 5.56 Å². The van der Waals surface area contributed by atoms with Gasteiger partial charge in [-0.2, -0.15) is 9.97 Å². The number of H-pyrrole nitrogens is 1. The summed E-state index contributed by atoms with van der Waals surface area (Å²) in [5.41, 5.74) is 2.01. The number of pyridine rings is 2. The number of hydrogen-bond donors (Lipinski definition) is 1. The summed E-state index contributed by atoms with van der Waals surface area (Å²) in [7, 11) is 0. The van der Waals surface area contributed by atoms with E-state index in [2.05, 4.69) is 24.8 Å². The minimum Gasteiger partial charge on any atom is -0.461 e. The fraction of sp³-hybridized carbons (Fsp3) is 0.484. The Morgan fingerprint density at radius 3 is 2.66 bits per heavy atom. The molecule has 2 bridgehead atoms. The molecule has 212 valence electrons. The molecule has 8 rings (SSSR count). The number of aromatic nitrogens is 4. The number of anilines is 1. The van der Waals surface area contributed by atoms with Crippen LogP contribution in [-0.2, 0) is 4.74 Å². The Balaban J connectivity index is 1.26. The van der Waals surface area contributed by atoms with Crippen LogP contribution in [0.25, 0.3) is 33.1 Å². The Morgan fingerprint density at radius 1 is 1.10 bits per heavy atom. The summed E-state index contributed by atoms with van der Waals surface area (Å²) in [4.78, 5) is 34.2. The lowest BCUT2D eigenvalue weighted by Crippen LogP contribution is -2.44. The average molecular weight is 557 g/mol. The number of hydrogen-bond acceptors (Lipinski definition) is 8. The second-order valence-corrected chi connectivity index (χ2v) is 12.2. The maximum absolute atomic E-state index is 16.6. The normalized spacial score (nSPS) is 23.5. The van der Waals surface area contributed by atoms with E-state index in [1.807, 2.05) is 25.1 Å². The number of nitrogens with one attached hydrogen (secondary N) is 1. The monoisotopic (exact) mass is 556 g/mol. The molecule has 0 amide bonds. The van der Waals surface area contributed by atoms with Crippen molar-refractivity contribution in [2.75, 3.05) is 37.7 Å². The molecule has 4 aliphatic rings. The molecule has 9 nitrogen and oxygen atoms in total. The molecule has 4 saturated heterocycles. The molecule has 10 heteroatoms. The second kappa shape index (κ2) is 9.46. The summed E-state index contributed by atoms with van der Waals surface area (Å²) in [6.07, 6.45) is 8.45. The van der Waals surface area contributed by atoms with Gasteiger partial charge in [0.1, 0.15) is 23.6 Å². The number of morpholine rings is 1. The molecule has 4 aromatic rings. The van der Waals surface area contributed by atoms with Gasteiger partial charge in [0, 0.05) is 41.8 Å². The maximum atomic E-state index is 16.6. The largest absolute Gasteiger partial charge is 0.461 e. The van der Waals surface area contributed by atoms with E-state index in [-0.39, 0.29) is 40.5 Å². The zero-order chi connectivity index (χ0) is 27.7. The van der Waals surface area contributed by atoms with Crippen LogP contribution in [0.1, 0.15) is 44.1 Å². The molecular weight excluding hydrogens is 523 g/mol. The molecule has 3 aromatic heterocycles. The van der Waals surface area contributed by atoms with Crippen LogP contribution in [0, 0.1) is 12.7 Å². The van der Waals surface area contributed by atoms with Crippen LogP contribution in [-0.4, -0.2) is 75.4 Å². The van der Waals surface area contributed by atoms with E-state index in [9.17, 15) is 4.79 Å². The quantitative estimate of drug-likeness (QED) is 0.388. The fourth-order valence-electron chi connectivity index (χ4n) is 7.53.